The van der Waals surface area contributed by atoms with Gasteiger partial charge in [0, 0.05) is 0 Å². The van der Waals surface area contributed by atoms with Crippen LogP contribution in [0, 0.1) is 0 Å². The number of hydrogen-bond acceptors (Lipinski definition) is 2. The highest BCUT2D eigenvalue weighted by molar-refractivity contribution is 5.97. The van der Waals surface area contributed by atoms with Gasteiger partial charge in [-0.15, -0.1) is 0 Å². The molecule has 4 nitrogen and oxygen atoms in total. The number of aromatic nitrogens is 2. The summed E-state index contributed by atoms with van der Waals surface area (Å²) in [6.45, 7) is 0. The van der Waals surface area contributed by atoms with Crippen molar-refractivity contribution in [2.45, 2.75) is 18.3 Å². The number of imidazole rings is 1. The van der Waals surface area contributed by atoms with Gasteiger partial charge in [-0.1, -0.05) is 42.5 Å². The number of rotatable bonds is 3. The second kappa shape index (κ2) is 4.45. The summed E-state index contributed by atoms with van der Waals surface area (Å²) in [5, 5.41) is 0. The first-order valence-electron chi connectivity index (χ1n) is 7.09. The summed E-state index contributed by atoms with van der Waals surface area (Å²) in [4.78, 5) is 17.0. The average Bonchev–Trinajstić information content (AvgIpc) is 3.26. The maximum Gasteiger partial charge on any atom is 0.249 e. The van der Waals surface area contributed by atoms with E-state index in [1.165, 1.54) is 0 Å². The summed E-state index contributed by atoms with van der Waals surface area (Å²) in [6, 6.07) is 17.8. The fourth-order valence-electron chi connectivity index (χ4n) is 2.79. The van der Waals surface area contributed by atoms with Crippen molar-refractivity contribution >= 4 is 16.9 Å². The van der Waals surface area contributed by atoms with E-state index in [0.717, 1.165) is 29.4 Å². The van der Waals surface area contributed by atoms with E-state index in [4.69, 9.17) is 0 Å². The summed E-state index contributed by atoms with van der Waals surface area (Å²) < 4.78 is 1.71. The summed E-state index contributed by atoms with van der Waals surface area (Å²) in [7, 11) is 0. The van der Waals surface area contributed by atoms with E-state index < -0.39 is 0 Å². The minimum Gasteiger partial charge on any atom is -0.272 e. The summed E-state index contributed by atoms with van der Waals surface area (Å²) in [6.07, 6.45) is 3.45. The number of carbonyl (C=O) groups excluding carboxylic acids is 1. The van der Waals surface area contributed by atoms with E-state index in [-0.39, 0.29) is 11.3 Å². The minimum absolute atomic E-state index is 0.0388. The van der Waals surface area contributed by atoms with Gasteiger partial charge in [-0.05, 0) is 30.5 Å². The monoisotopic (exact) mass is 277 g/mol. The Morgan fingerprint density at radius 1 is 1.05 bits per heavy atom. The zero-order valence-corrected chi connectivity index (χ0v) is 11.5. The van der Waals surface area contributed by atoms with Crippen LogP contribution >= 0.6 is 0 Å². The van der Waals surface area contributed by atoms with Crippen molar-refractivity contribution in [3.63, 3.8) is 0 Å². The van der Waals surface area contributed by atoms with Gasteiger partial charge in [0.1, 0.15) is 6.33 Å². The van der Waals surface area contributed by atoms with Gasteiger partial charge in [-0.2, -0.15) is 0 Å². The molecule has 0 aliphatic heterocycles. The fraction of sp³-hybridized carbons (Fsp3) is 0.176. The molecule has 1 aliphatic rings. The van der Waals surface area contributed by atoms with E-state index in [1.54, 1.807) is 11.0 Å². The number of nitrogens with zero attached hydrogens (tertiary/aromatic N) is 2. The molecule has 2 aromatic carbocycles. The van der Waals surface area contributed by atoms with Crippen molar-refractivity contribution in [1.29, 1.82) is 0 Å². The molecule has 1 aromatic heterocycles. The maximum atomic E-state index is 12.7. The third kappa shape index (κ3) is 1.91. The molecule has 0 spiro atoms. The number of nitrogens with one attached hydrogen (secondary N) is 1. The van der Waals surface area contributed by atoms with Gasteiger partial charge in [-0.3, -0.25) is 10.2 Å². The zero-order valence-electron chi connectivity index (χ0n) is 11.5. The van der Waals surface area contributed by atoms with Gasteiger partial charge in [-0.25, -0.2) is 9.66 Å². The lowest BCUT2D eigenvalue weighted by atomic mass is 9.95. The molecule has 1 heterocycles. The second-order valence-corrected chi connectivity index (χ2v) is 5.49. The highest BCUT2D eigenvalue weighted by Crippen LogP contribution is 2.48. The molecule has 0 saturated heterocycles. The first-order chi connectivity index (χ1) is 10.3. The summed E-state index contributed by atoms with van der Waals surface area (Å²) in [5.74, 6) is 0.0388. The van der Waals surface area contributed by atoms with E-state index in [0.29, 0.717) is 0 Å². The van der Waals surface area contributed by atoms with Crippen molar-refractivity contribution in [3.8, 4) is 0 Å². The Hall–Kier alpha value is -2.62. The average molecular weight is 277 g/mol. The van der Waals surface area contributed by atoms with E-state index in [1.807, 2.05) is 54.6 Å². The predicted octanol–water partition coefficient (Wildman–Crippen LogP) is 2.84. The van der Waals surface area contributed by atoms with Gasteiger partial charge >= 0.3 is 0 Å². The van der Waals surface area contributed by atoms with Crippen LogP contribution in [-0.4, -0.2) is 15.6 Å². The highest BCUT2D eigenvalue weighted by atomic mass is 16.2. The van der Waals surface area contributed by atoms with Crippen LogP contribution in [0.15, 0.2) is 60.9 Å². The van der Waals surface area contributed by atoms with Crippen molar-refractivity contribution in [1.82, 2.24) is 9.66 Å². The first kappa shape index (κ1) is 12.1. The molecule has 1 saturated carbocycles. The Balaban J connectivity index is 1.65. The molecule has 0 unspecified atom stereocenters. The fourth-order valence-corrected chi connectivity index (χ4v) is 2.79. The predicted molar refractivity (Wildman–Crippen MR) is 81.5 cm³/mol. The van der Waals surface area contributed by atoms with Crippen molar-refractivity contribution in [2.75, 3.05) is 5.43 Å². The SMILES string of the molecule is O=C(Nn1cnc2ccccc21)C1(c2ccccc2)CC1. The molecule has 1 aliphatic carbocycles. The van der Waals surface area contributed by atoms with Gasteiger partial charge in [0.05, 0.1) is 16.4 Å². The standard InChI is InChI=1S/C17H15N3O/c21-16(17(10-11-17)13-6-2-1-3-7-13)19-20-12-18-14-8-4-5-9-15(14)20/h1-9,12H,10-11H2,(H,19,21). The van der Waals surface area contributed by atoms with Gasteiger partial charge in [0.25, 0.3) is 0 Å². The van der Waals surface area contributed by atoms with Crippen LogP contribution in [0.3, 0.4) is 0 Å². The molecular formula is C17H15N3O. The molecule has 4 heteroatoms. The third-order valence-corrected chi connectivity index (χ3v) is 4.19. The smallest absolute Gasteiger partial charge is 0.249 e. The Kier molecular flexibility index (Phi) is 2.57. The molecule has 1 N–H and O–H groups in total. The largest absolute Gasteiger partial charge is 0.272 e. The number of amides is 1. The number of benzene rings is 2. The van der Waals surface area contributed by atoms with Crippen LogP contribution in [0.4, 0.5) is 0 Å². The molecule has 104 valence electrons. The Labute approximate surface area is 122 Å². The van der Waals surface area contributed by atoms with Crippen molar-refractivity contribution < 1.29 is 4.79 Å². The van der Waals surface area contributed by atoms with Crippen molar-refractivity contribution in [3.05, 3.63) is 66.5 Å². The molecule has 0 atom stereocenters. The number of para-hydroxylation sites is 2. The van der Waals surface area contributed by atoms with Crippen LogP contribution < -0.4 is 5.43 Å². The molecule has 0 bridgehead atoms. The number of fused-ring (bicyclic) bond motifs is 1. The van der Waals surface area contributed by atoms with Crippen LogP contribution in [0.25, 0.3) is 11.0 Å². The molecule has 0 radical (unpaired) electrons. The quantitative estimate of drug-likeness (QED) is 0.800. The molecule has 3 aromatic rings. The zero-order chi connectivity index (χ0) is 14.3. The molecule has 4 rings (SSSR count). The lowest BCUT2D eigenvalue weighted by Gasteiger charge is -2.16. The summed E-state index contributed by atoms with van der Waals surface area (Å²) >= 11 is 0. The highest BCUT2D eigenvalue weighted by Gasteiger charge is 2.51. The van der Waals surface area contributed by atoms with Crippen molar-refractivity contribution in [2.24, 2.45) is 0 Å². The number of hydrogen-bond donors (Lipinski definition) is 1. The molecule has 1 fully saturated rings. The Morgan fingerprint density at radius 2 is 1.76 bits per heavy atom. The van der Waals surface area contributed by atoms with Gasteiger partial charge in [0.2, 0.25) is 5.91 Å². The third-order valence-electron chi connectivity index (χ3n) is 4.19. The topological polar surface area (TPSA) is 46.9 Å². The molecule has 1 amide bonds. The lowest BCUT2D eigenvalue weighted by molar-refractivity contribution is -0.119. The maximum absolute atomic E-state index is 12.7. The Bertz CT molecular complexity index is 803. The summed E-state index contributed by atoms with van der Waals surface area (Å²) in [5.41, 5.74) is 5.49. The van der Waals surface area contributed by atoms with Crippen LogP contribution in [0.1, 0.15) is 18.4 Å². The molecule has 21 heavy (non-hydrogen) atoms. The first-order valence-corrected chi connectivity index (χ1v) is 7.09. The second-order valence-electron chi connectivity index (χ2n) is 5.49. The Morgan fingerprint density at radius 3 is 2.52 bits per heavy atom. The van der Waals surface area contributed by atoms with E-state index in [9.17, 15) is 4.79 Å². The van der Waals surface area contributed by atoms with Gasteiger partial charge < -0.3 is 0 Å². The number of carbonyl (C=O) groups is 1. The van der Waals surface area contributed by atoms with E-state index >= 15 is 0 Å². The van der Waals surface area contributed by atoms with Crippen LogP contribution in [0.2, 0.25) is 0 Å². The van der Waals surface area contributed by atoms with E-state index in [2.05, 4.69) is 10.4 Å². The van der Waals surface area contributed by atoms with Crippen LogP contribution in [0.5, 0.6) is 0 Å². The lowest BCUT2D eigenvalue weighted by Crippen LogP contribution is -2.33. The van der Waals surface area contributed by atoms with Gasteiger partial charge in [0.15, 0.2) is 0 Å². The molecular weight excluding hydrogens is 262 g/mol. The normalized spacial score (nSPS) is 15.8. The minimum atomic E-state index is -0.368. The van der Waals surface area contributed by atoms with Crippen LogP contribution in [-0.2, 0) is 10.2 Å².